The standard InChI is InChI=1S/C20H19Cl2F3N2O4S/c21-13-4-6-17(15(10-13)20(23,24)25)26-19(28)12-31-18-7-5-14(11-16(18)22)32(29,30)27-8-2-1-3-9-27/h4-7,10-11H,1-3,8-9,12H2,(H,26,28). The van der Waals surface area contributed by atoms with Crippen molar-refractivity contribution in [3.63, 3.8) is 0 Å². The number of amides is 1. The van der Waals surface area contributed by atoms with Crippen LogP contribution in [0.2, 0.25) is 10.0 Å². The number of nitrogens with one attached hydrogen (secondary N) is 1. The molecule has 12 heteroatoms. The van der Waals surface area contributed by atoms with Gasteiger partial charge in [-0.2, -0.15) is 17.5 Å². The maximum absolute atomic E-state index is 13.1. The second-order valence-corrected chi connectivity index (χ2v) is 9.86. The van der Waals surface area contributed by atoms with Gasteiger partial charge in [-0.3, -0.25) is 4.79 Å². The Morgan fingerprint density at radius 3 is 2.38 bits per heavy atom. The molecule has 2 aromatic carbocycles. The van der Waals surface area contributed by atoms with Crippen LogP contribution in [-0.2, 0) is 21.0 Å². The highest BCUT2D eigenvalue weighted by Gasteiger charge is 2.34. The predicted octanol–water partition coefficient (Wildman–Crippen LogP) is 5.20. The SMILES string of the molecule is O=C(COc1ccc(S(=O)(=O)N2CCCCC2)cc1Cl)Nc1ccc(Cl)cc1C(F)(F)F. The molecule has 1 N–H and O–H groups in total. The zero-order valence-electron chi connectivity index (χ0n) is 16.6. The van der Waals surface area contributed by atoms with Gasteiger partial charge in [0, 0.05) is 18.1 Å². The summed E-state index contributed by atoms with van der Waals surface area (Å²) in [5.41, 5.74) is -1.56. The third kappa shape index (κ3) is 5.86. The van der Waals surface area contributed by atoms with Crippen molar-refractivity contribution in [1.82, 2.24) is 4.31 Å². The van der Waals surface area contributed by atoms with E-state index in [-0.39, 0.29) is 20.7 Å². The smallest absolute Gasteiger partial charge is 0.418 e. The molecule has 1 amide bonds. The van der Waals surface area contributed by atoms with Gasteiger partial charge in [0.15, 0.2) is 6.61 Å². The zero-order valence-corrected chi connectivity index (χ0v) is 18.9. The number of sulfonamides is 1. The Morgan fingerprint density at radius 1 is 1.06 bits per heavy atom. The maximum Gasteiger partial charge on any atom is 0.418 e. The van der Waals surface area contributed by atoms with Gasteiger partial charge in [0.05, 0.1) is 21.2 Å². The highest BCUT2D eigenvalue weighted by Crippen LogP contribution is 2.36. The molecule has 0 saturated carbocycles. The number of anilines is 1. The predicted molar refractivity (Wildman–Crippen MR) is 115 cm³/mol. The van der Waals surface area contributed by atoms with Crippen LogP contribution in [0.3, 0.4) is 0 Å². The molecule has 1 heterocycles. The molecule has 1 aliphatic rings. The number of carbonyl (C=O) groups excluding carboxylic acids is 1. The van der Waals surface area contributed by atoms with E-state index >= 15 is 0 Å². The van der Waals surface area contributed by atoms with Crippen molar-refractivity contribution < 1.29 is 31.1 Å². The van der Waals surface area contributed by atoms with E-state index in [2.05, 4.69) is 5.32 Å². The van der Waals surface area contributed by atoms with E-state index in [9.17, 15) is 26.4 Å². The number of ether oxygens (including phenoxy) is 1. The molecule has 0 spiro atoms. The second kappa shape index (κ2) is 9.86. The number of halogens is 5. The fourth-order valence-electron chi connectivity index (χ4n) is 3.20. The fraction of sp³-hybridized carbons (Fsp3) is 0.350. The van der Waals surface area contributed by atoms with Crippen molar-refractivity contribution in [2.24, 2.45) is 0 Å². The Bertz CT molecular complexity index is 1100. The minimum Gasteiger partial charge on any atom is -0.482 e. The van der Waals surface area contributed by atoms with Gasteiger partial charge >= 0.3 is 6.18 Å². The van der Waals surface area contributed by atoms with Gasteiger partial charge in [-0.1, -0.05) is 29.6 Å². The minimum absolute atomic E-state index is 0.00261. The van der Waals surface area contributed by atoms with E-state index in [1.165, 1.54) is 28.6 Å². The minimum atomic E-state index is -4.71. The van der Waals surface area contributed by atoms with Crippen LogP contribution in [0.1, 0.15) is 24.8 Å². The summed E-state index contributed by atoms with van der Waals surface area (Å²) in [6, 6.07) is 6.79. The van der Waals surface area contributed by atoms with Gasteiger partial charge < -0.3 is 10.1 Å². The van der Waals surface area contributed by atoms with E-state index in [4.69, 9.17) is 27.9 Å². The number of carbonyl (C=O) groups is 1. The average Bonchev–Trinajstić information content (AvgIpc) is 2.74. The van der Waals surface area contributed by atoms with E-state index in [0.29, 0.717) is 19.2 Å². The third-order valence-corrected chi connectivity index (χ3v) is 7.20. The molecule has 3 rings (SSSR count). The molecule has 174 valence electrons. The molecule has 32 heavy (non-hydrogen) atoms. The van der Waals surface area contributed by atoms with Gasteiger partial charge in [0.2, 0.25) is 10.0 Å². The van der Waals surface area contributed by atoms with Crippen LogP contribution >= 0.6 is 23.2 Å². The van der Waals surface area contributed by atoms with Crippen molar-refractivity contribution >= 4 is 44.8 Å². The molecule has 1 saturated heterocycles. The molecule has 6 nitrogen and oxygen atoms in total. The highest BCUT2D eigenvalue weighted by atomic mass is 35.5. The van der Waals surface area contributed by atoms with Crippen LogP contribution in [0.25, 0.3) is 0 Å². The first-order chi connectivity index (χ1) is 15.0. The lowest BCUT2D eigenvalue weighted by atomic mass is 10.1. The molecular weight excluding hydrogens is 492 g/mol. The maximum atomic E-state index is 13.1. The molecule has 0 bridgehead atoms. The van der Waals surface area contributed by atoms with Crippen molar-refractivity contribution in [3.8, 4) is 5.75 Å². The molecule has 1 aliphatic heterocycles. The Balaban J connectivity index is 1.67. The third-order valence-electron chi connectivity index (χ3n) is 4.78. The van der Waals surface area contributed by atoms with Crippen LogP contribution in [0.15, 0.2) is 41.3 Å². The van der Waals surface area contributed by atoms with Crippen LogP contribution in [-0.4, -0.2) is 38.3 Å². The first-order valence-electron chi connectivity index (χ1n) is 9.57. The average molecular weight is 511 g/mol. The van der Waals surface area contributed by atoms with Crippen molar-refractivity contribution in [1.29, 1.82) is 0 Å². The van der Waals surface area contributed by atoms with E-state index in [0.717, 1.165) is 25.3 Å². The lowest BCUT2D eigenvalue weighted by Gasteiger charge is -2.26. The van der Waals surface area contributed by atoms with E-state index in [1.807, 2.05) is 0 Å². The van der Waals surface area contributed by atoms with Gasteiger partial charge in [0.25, 0.3) is 5.91 Å². The molecule has 0 aliphatic carbocycles. The number of hydrogen-bond donors (Lipinski definition) is 1. The molecule has 0 unspecified atom stereocenters. The number of rotatable bonds is 6. The van der Waals surface area contributed by atoms with Gasteiger partial charge in [-0.15, -0.1) is 0 Å². The summed E-state index contributed by atoms with van der Waals surface area (Å²) in [7, 11) is -3.70. The monoisotopic (exact) mass is 510 g/mol. The van der Waals surface area contributed by atoms with Crippen LogP contribution in [0.4, 0.5) is 18.9 Å². The largest absolute Gasteiger partial charge is 0.482 e. The molecule has 2 aromatic rings. The first-order valence-corrected chi connectivity index (χ1v) is 11.8. The van der Waals surface area contributed by atoms with Gasteiger partial charge in [-0.25, -0.2) is 8.42 Å². The number of nitrogens with zero attached hydrogens (tertiary/aromatic N) is 1. The number of hydrogen-bond acceptors (Lipinski definition) is 4. The Hall–Kier alpha value is -2.01. The van der Waals surface area contributed by atoms with Gasteiger partial charge in [0.1, 0.15) is 5.75 Å². The summed E-state index contributed by atoms with van der Waals surface area (Å²) in [6.07, 6.45) is -2.17. The highest BCUT2D eigenvalue weighted by molar-refractivity contribution is 7.89. The van der Waals surface area contributed by atoms with E-state index in [1.54, 1.807) is 0 Å². The normalized spacial score (nSPS) is 15.4. The summed E-state index contributed by atoms with van der Waals surface area (Å²) in [5, 5.41) is 1.95. The lowest BCUT2D eigenvalue weighted by molar-refractivity contribution is -0.137. The molecule has 1 fully saturated rings. The van der Waals surface area contributed by atoms with Crippen molar-refractivity contribution in [2.75, 3.05) is 25.0 Å². The Labute approximate surface area is 193 Å². The number of benzene rings is 2. The summed E-state index contributed by atoms with van der Waals surface area (Å²) in [4.78, 5) is 12.1. The summed E-state index contributed by atoms with van der Waals surface area (Å²) < 4.78 is 71.5. The Kier molecular flexibility index (Phi) is 7.59. The number of piperidine rings is 1. The topological polar surface area (TPSA) is 75.7 Å². The molecular formula is C20H19Cl2F3N2O4S. The van der Waals surface area contributed by atoms with Crippen LogP contribution < -0.4 is 10.1 Å². The quantitative estimate of drug-likeness (QED) is 0.579. The van der Waals surface area contributed by atoms with Crippen LogP contribution in [0, 0.1) is 0 Å². The molecule has 0 aromatic heterocycles. The van der Waals surface area contributed by atoms with E-state index < -0.39 is 40.0 Å². The lowest BCUT2D eigenvalue weighted by Crippen LogP contribution is -2.35. The van der Waals surface area contributed by atoms with Gasteiger partial charge in [-0.05, 0) is 49.2 Å². The fourth-order valence-corrected chi connectivity index (χ4v) is 5.22. The van der Waals surface area contributed by atoms with Crippen molar-refractivity contribution in [2.45, 2.75) is 30.3 Å². The first kappa shape index (κ1) is 24.6. The number of alkyl halides is 3. The van der Waals surface area contributed by atoms with Crippen molar-refractivity contribution in [3.05, 3.63) is 52.0 Å². The summed E-state index contributed by atoms with van der Waals surface area (Å²) in [5.74, 6) is -0.842. The summed E-state index contributed by atoms with van der Waals surface area (Å²) >= 11 is 11.7. The molecule has 0 atom stereocenters. The zero-order chi connectivity index (χ0) is 23.5. The summed E-state index contributed by atoms with van der Waals surface area (Å²) in [6.45, 7) is 0.226. The second-order valence-electron chi connectivity index (χ2n) is 7.08. The Morgan fingerprint density at radius 2 is 1.75 bits per heavy atom. The molecule has 0 radical (unpaired) electrons. The van der Waals surface area contributed by atoms with Crippen LogP contribution in [0.5, 0.6) is 5.75 Å².